The minimum Gasteiger partial charge on any atom is -0.452 e. The van der Waals surface area contributed by atoms with Gasteiger partial charge in [-0.05, 0) is 37.5 Å². The average molecular weight is 537 g/mol. The van der Waals surface area contributed by atoms with Crippen molar-refractivity contribution in [1.82, 2.24) is 34.2 Å². The first-order valence-electron chi connectivity index (χ1n) is 12.2. The van der Waals surface area contributed by atoms with E-state index in [4.69, 9.17) is 26.4 Å². The average Bonchev–Trinajstić information content (AvgIpc) is 3.62. The molecule has 6 rings (SSSR count). The summed E-state index contributed by atoms with van der Waals surface area (Å²) in [7, 11) is 4.06. The molecule has 0 spiro atoms. The van der Waals surface area contributed by atoms with E-state index in [9.17, 15) is 0 Å². The highest BCUT2D eigenvalue weighted by molar-refractivity contribution is 7.16. The molecule has 9 nitrogen and oxygen atoms in total. The van der Waals surface area contributed by atoms with Crippen LogP contribution in [0, 0.1) is 0 Å². The molecule has 0 radical (unpaired) electrons. The summed E-state index contributed by atoms with van der Waals surface area (Å²) < 4.78 is 10.1. The molecule has 0 aromatic carbocycles. The number of likely N-dealkylation sites (N-methyl/N-ethyl adjacent to an activating group) is 1. The molecule has 1 atom stereocenters. The molecule has 192 valence electrons. The number of anilines is 2. The van der Waals surface area contributed by atoms with Crippen LogP contribution >= 0.6 is 22.9 Å². The van der Waals surface area contributed by atoms with Crippen LogP contribution in [0.2, 0.25) is 5.02 Å². The van der Waals surface area contributed by atoms with Gasteiger partial charge in [-0.1, -0.05) is 32.4 Å². The van der Waals surface area contributed by atoms with Crippen molar-refractivity contribution in [1.29, 1.82) is 0 Å². The first-order chi connectivity index (χ1) is 17.7. The second-order valence-corrected chi connectivity index (χ2v) is 11.9. The molecular formula is C26H29ClN8OS. The largest absolute Gasteiger partial charge is 0.452 e. The van der Waals surface area contributed by atoms with Crippen molar-refractivity contribution < 1.29 is 4.74 Å². The fraction of sp³-hybridized carbons (Fsp3) is 0.385. The van der Waals surface area contributed by atoms with Crippen molar-refractivity contribution in [2.45, 2.75) is 38.6 Å². The third-order valence-electron chi connectivity index (χ3n) is 6.77. The van der Waals surface area contributed by atoms with Gasteiger partial charge in [-0.15, -0.1) is 11.3 Å². The van der Waals surface area contributed by atoms with Crippen LogP contribution in [0.4, 0.5) is 11.8 Å². The normalized spacial score (nSPS) is 16.8. The number of pyridine rings is 2. The van der Waals surface area contributed by atoms with Gasteiger partial charge in [0.2, 0.25) is 5.95 Å². The zero-order valence-corrected chi connectivity index (χ0v) is 23.1. The molecule has 0 saturated carbocycles. The lowest BCUT2D eigenvalue weighted by atomic mass is 9.91. The fourth-order valence-corrected chi connectivity index (χ4v) is 5.86. The number of imidazole rings is 1. The molecule has 11 heteroatoms. The molecule has 1 unspecified atom stereocenters. The van der Waals surface area contributed by atoms with Crippen LogP contribution in [-0.4, -0.2) is 54.3 Å². The van der Waals surface area contributed by atoms with Gasteiger partial charge in [0.05, 0.1) is 18.4 Å². The van der Waals surface area contributed by atoms with Crippen LogP contribution in [0.5, 0.6) is 11.5 Å². The Bertz CT molecular complexity index is 1610. The Morgan fingerprint density at radius 3 is 2.76 bits per heavy atom. The first-order valence-corrected chi connectivity index (χ1v) is 13.5. The summed E-state index contributed by atoms with van der Waals surface area (Å²) in [4.78, 5) is 17.0. The van der Waals surface area contributed by atoms with Crippen molar-refractivity contribution in [2.75, 3.05) is 25.5 Å². The van der Waals surface area contributed by atoms with E-state index in [1.165, 1.54) is 5.69 Å². The van der Waals surface area contributed by atoms with Gasteiger partial charge in [0.25, 0.3) is 0 Å². The van der Waals surface area contributed by atoms with E-state index in [0.29, 0.717) is 39.7 Å². The van der Waals surface area contributed by atoms with E-state index in [-0.39, 0.29) is 5.41 Å². The highest BCUT2D eigenvalue weighted by Crippen LogP contribution is 2.37. The Balaban J connectivity index is 1.32. The lowest BCUT2D eigenvalue weighted by molar-refractivity contribution is 0.366. The highest BCUT2D eigenvalue weighted by Gasteiger charge is 2.29. The predicted octanol–water partition coefficient (Wildman–Crippen LogP) is 6.14. The lowest BCUT2D eigenvalue weighted by Crippen LogP contribution is -2.24. The number of rotatable bonds is 5. The molecule has 1 aliphatic rings. The van der Waals surface area contributed by atoms with Gasteiger partial charge < -0.3 is 19.5 Å². The summed E-state index contributed by atoms with van der Waals surface area (Å²) in [6.45, 7) is 8.72. The van der Waals surface area contributed by atoms with Crippen LogP contribution in [0.15, 0.2) is 36.0 Å². The number of thiophene rings is 1. The molecule has 0 bridgehead atoms. The third kappa shape index (κ3) is 4.43. The van der Waals surface area contributed by atoms with Gasteiger partial charge in [0, 0.05) is 36.2 Å². The number of likely N-dealkylation sites (tertiary alicyclic amines) is 1. The molecule has 6 heterocycles. The maximum atomic E-state index is 6.80. The van der Waals surface area contributed by atoms with Gasteiger partial charge in [-0.25, -0.2) is 9.97 Å². The van der Waals surface area contributed by atoms with Crippen molar-refractivity contribution in [2.24, 2.45) is 7.05 Å². The molecule has 0 amide bonds. The Morgan fingerprint density at radius 1 is 1.16 bits per heavy atom. The molecule has 1 N–H and O–H groups in total. The molecule has 1 aliphatic heterocycles. The number of hydrogen-bond acceptors (Lipinski definition) is 8. The fourth-order valence-electron chi connectivity index (χ4n) is 4.84. The molecule has 0 aliphatic carbocycles. The van der Waals surface area contributed by atoms with E-state index in [1.807, 2.05) is 29.1 Å². The van der Waals surface area contributed by atoms with E-state index in [1.54, 1.807) is 23.7 Å². The van der Waals surface area contributed by atoms with E-state index in [0.717, 1.165) is 35.5 Å². The topological polar surface area (TPSA) is 85.9 Å². The van der Waals surface area contributed by atoms with Gasteiger partial charge >= 0.3 is 0 Å². The quantitative estimate of drug-likeness (QED) is 0.289. The highest BCUT2D eigenvalue weighted by atomic mass is 35.5. The summed E-state index contributed by atoms with van der Waals surface area (Å²) in [6, 6.07) is 6.43. The molecule has 1 saturated heterocycles. The summed E-state index contributed by atoms with van der Waals surface area (Å²) in [5.74, 6) is 2.41. The summed E-state index contributed by atoms with van der Waals surface area (Å²) in [5.41, 5.74) is 2.36. The monoisotopic (exact) mass is 536 g/mol. The molecule has 5 aromatic rings. The maximum Gasteiger partial charge on any atom is 0.210 e. The van der Waals surface area contributed by atoms with Crippen LogP contribution in [0.1, 0.15) is 38.9 Å². The third-order valence-corrected chi connectivity index (χ3v) is 7.97. The van der Waals surface area contributed by atoms with E-state index >= 15 is 0 Å². The van der Waals surface area contributed by atoms with Crippen LogP contribution < -0.4 is 10.1 Å². The Hall–Kier alpha value is -3.21. The van der Waals surface area contributed by atoms with Crippen LogP contribution in [-0.2, 0) is 12.5 Å². The number of ether oxygens (including phenoxy) is 1. The Morgan fingerprint density at radius 2 is 2.00 bits per heavy atom. The number of aromatic nitrogens is 6. The van der Waals surface area contributed by atoms with Crippen molar-refractivity contribution in [3.05, 3.63) is 46.7 Å². The van der Waals surface area contributed by atoms with E-state index in [2.05, 4.69) is 58.8 Å². The second kappa shape index (κ2) is 8.97. The number of aryl methyl sites for hydroxylation is 1. The zero-order valence-electron chi connectivity index (χ0n) is 21.5. The molecule has 37 heavy (non-hydrogen) atoms. The lowest BCUT2D eigenvalue weighted by Gasteiger charge is -2.23. The van der Waals surface area contributed by atoms with Crippen LogP contribution in [0.25, 0.3) is 21.4 Å². The Labute approximate surface area is 224 Å². The number of halogens is 1. The predicted molar refractivity (Wildman–Crippen MR) is 149 cm³/mol. The number of fused-ring (bicyclic) bond motifs is 2. The molecular weight excluding hydrogens is 508 g/mol. The first kappa shape index (κ1) is 24.1. The van der Waals surface area contributed by atoms with Crippen LogP contribution in [0.3, 0.4) is 0 Å². The van der Waals surface area contributed by atoms with Crippen molar-refractivity contribution >= 4 is 56.1 Å². The minimum absolute atomic E-state index is 0.0432. The maximum absolute atomic E-state index is 6.80. The summed E-state index contributed by atoms with van der Waals surface area (Å²) >= 11 is 8.39. The summed E-state index contributed by atoms with van der Waals surface area (Å²) in [5, 5.41) is 11.8. The smallest absolute Gasteiger partial charge is 0.210 e. The molecule has 1 fully saturated rings. The Kier molecular flexibility index (Phi) is 5.85. The SMILES string of the molecule is CN1CCC(n2nc(Nc3nc4ncc(Oc5cnc6sccc6c5)c(Cl)c4n3C)cc2C(C)(C)C)C1. The van der Waals surface area contributed by atoms with Gasteiger partial charge in [-0.2, -0.15) is 10.1 Å². The number of nitrogens with one attached hydrogen (secondary N) is 1. The van der Waals surface area contributed by atoms with Gasteiger partial charge in [-0.3, -0.25) is 4.68 Å². The van der Waals surface area contributed by atoms with Gasteiger partial charge in [0.15, 0.2) is 17.2 Å². The van der Waals surface area contributed by atoms with Gasteiger partial charge in [0.1, 0.15) is 21.1 Å². The zero-order chi connectivity index (χ0) is 25.9. The standard InChI is InChI=1S/C26H29ClN8OS/c1-26(2,3)19-11-20(32-35(19)16-6-8-33(4)14-16)30-25-31-23-22(34(25)5)21(27)18(13-28-23)36-17-10-15-7-9-37-24(15)29-12-17/h7,9-13,16H,6,8,14H2,1-5H3,(H,28,30,31,32). The van der Waals surface area contributed by atoms with Crippen molar-refractivity contribution in [3.8, 4) is 11.5 Å². The second-order valence-electron chi connectivity index (χ2n) is 10.6. The van der Waals surface area contributed by atoms with Crippen molar-refractivity contribution in [3.63, 3.8) is 0 Å². The number of nitrogens with zero attached hydrogens (tertiary/aromatic N) is 7. The number of hydrogen-bond donors (Lipinski definition) is 1. The minimum atomic E-state index is -0.0432. The van der Waals surface area contributed by atoms with E-state index < -0.39 is 0 Å². The molecule has 5 aromatic heterocycles. The summed E-state index contributed by atoms with van der Waals surface area (Å²) in [6.07, 6.45) is 4.38.